The molecule has 0 radical (unpaired) electrons. The maximum Gasteiger partial charge on any atom is 0.245 e. The molecule has 0 saturated heterocycles. The van der Waals surface area contributed by atoms with E-state index < -0.39 is 0 Å². The van der Waals surface area contributed by atoms with Gasteiger partial charge in [0.25, 0.3) is 0 Å². The third kappa shape index (κ3) is 8.04. The molecule has 0 bridgehead atoms. The van der Waals surface area contributed by atoms with E-state index in [1.807, 2.05) is 91.9 Å². The van der Waals surface area contributed by atoms with Gasteiger partial charge in [-0.25, -0.2) is 5.48 Å². The minimum absolute atomic E-state index is 0.0648. The second-order valence-corrected chi connectivity index (χ2v) is 11.9. The van der Waals surface area contributed by atoms with E-state index in [9.17, 15) is 5.11 Å². The first-order chi connectivity index (χ1) is 25.1. The zero-order chi connectivity index (χ0) is 34.8. The van der Waals surface area contributed by atoms with Gasteiger partial charge >= 0.3 is 0 Å². The third-order valence-corrected chi connectivity index (χ3v) is 8.28. The predicted octanol–water partition coefficient (Wildman–Crippen LogP) is 11.9. The van der Waals surface area contributed by atoms with Gasteiger partial charge in [-0.2, -0.15) is 5.11 Å². The fourth-order valence-corrected chi connectivity index (χ4v) is 5.66. The first kappa shape index (κ1) is 32.6. The number of rotatable bonds is 12. The van der Waals surface area contributed by atoms with Crippen molar-refractivity contribution in [3.8, 4) is 16.9 Å². The van der Waals surface area contributed by atoms with Gasteiger partial charge in [0.15, 0.2) is 0 Å². The Morgan fingerprint density at radius 1 is 0.647 bits per heavy atom. The lowest BCUT2D eigenvalue weighted by Gasteiger charge is -2.25. The van der Waals surface area contributed by atoms with Crippen LogP contribution in [0.4, 0.5) is 34.1 Å². The minimum Gasteiger partial charge on any atom is -0.506 e. The molecule has 7 aromatic carbocycles. The highest BCUT2D eigenvalue weighted by Crippen LogP contribution is 2.37. The topological polar surface area (TPSA) is 91.0 Å². The second kappa shape index (κ2) is 15.5. The summed E-state index contributed by atoms with van der Waals surface area (Å²) in [6, 6.07) is 54.1. The highest BCUT2D eigenvalue weighted by Gasteiger charge is 2.12. The molecule has 0 aliphatic carbocycles. The molecule has 8 heteroatoms. The average molecular weight is 670 g/mol. The summed E-state index contributed by atoms with van der Waals surface area (Å²) in [6.45, 7) is 2.25. The average Bonchev–Trinajstić information content (AvgIpc) is 3.18. The molecule has 0 fully saturated rings. The fourth-order valence-electron chi connectivity index (χ4n) is 5.66. The van der Waals surface area contributed by atoms with Crippen molar-refractivity contribution < 1.29 is 14.8 Å². The standard InChI is InChI=1S/C43H35N5O3/c1-31-12-20-36(21-13-31)45-46-43-41-26-14-32(28-35(41)19-27-42(43)49)29-50-44-30-51-47-37-22-15-33(16-23-37)34-17-24-40(25-18-34)48(38-8-4-2-5-9-38)39-10-6-3-7-11-39/h2-28,30,47,49H,29H2,1H3. The first-order valence-corrected chi connectivity index (χ1v) is 16.5. The van der Waals surface area contributed by atoms with Gasteiger partial charge in [-0.15, -0.1) is 5.11 Å². The Bertz CT molecular complexity index is 2220. The molecule has 0 amide bonds. The van der Waals surface area contributed by atoms with Crippen LogP contribution >= 0.6 is 0 Å². The van der Waals surface area contributed by atoms with Crippen LogP contribution in [0.5, 0.6) is 5.75 Å². The summed E-state index contributed by atoms with van der Waals surface area (Å²) in [6.07, 6.45) is 1.21. The molecule has 0 saturated carbocycles. The first-order valence-electron chi connectivity index (χ1n) is 16.5. The Labute approximate surface area is 296 Å². The molecule has 0 heterocycles. The number of phenolic OH excluding ortho intramolecular Hbond substituents is 1. The number of nitrogens with one attached hydrogen (secondary N) is 1. The zero-order valence-electron chi connectivity index (χ0n) is 27.9. The summed E-state index contributed by atoms with van der Waals surface area (Å²) >= 11 is 0. The van der Waals surface area contributed by atoms with Crippen molar-refractivity contribution >= 4 is 51.3 Å². The van der Waals surface area contributed by atoms with Gasteiger partial charge in [0, 0.05) is 22.4 Å². The molecular weight excluding hydrogens is 635 g/mol. The summed E-state index contributed by atoms with van der Waals surface area (Å²) in [4.78, 5) is 13.1. The molecule has 0 unspecified atom stereocenters. The number of aromatic hydroxyl groups is 1. The van der Waals surface area contributed by atoms with E-state index in [0.29, 0.717) is 11.4 Å². The lowest BCUT2D eigenvalue weighted by Crippen LogP contribution is -2.09. The maximum atomic E-state index is 10.4. The van der Waals surface area contributed by atoms with Gasteiger partial charge in [-0.05, 0) is 102 Å². The maximum absolute atomic E-state index is 10.4. The molecule has 0 aliphatic heterocycles. The van der Waals surface area contributed by atoms with Gasteiger partial charge < -0.3 is 19.7 Å². The Morgan fingerprint density at radius 3 is 1.94 bits per heavy atom. The van der Waals surface area contributed by atoms with Crippen LogP contribution in [0.1, 0.15) is 11.1 Å². The number of phenols is 1. The van der Waals surface area contributed by atoms with Gasteiger partial charge in [-0.3, -0.25) is 0 Å². The highest BCUT2D eigenvalue weighted by atomic mass is 16.7. The van der Waals surface area contributed by atoms with Crippen LogP contribution in [0.3, 0.4) is 0 Å². The number of para-hydroxylation sites is 2. The van der Waals surface area contributed by atoms with Gasteiger partial charge in [-0.1, -0.05) is 102 Å². The van der Waals surface area contributed by atoms with Crippen molar-refractivity contribution in [2.75, 3.05) is 10.4 Å². The Hall–Kier alpha value is -6.93. The summed E-state index contributed by atoms with van der Waals surface area (Å²) in [5.41, 5.74) is 12.3. The number of benzene rings is 7. The molecule has 0 aliphatic rings. The third-order valence-electron chi connectivity index (χ3n) is 8.28. The lowest BCUT2D eigenvalue weighted by atomic mass is 10.0. The minimum atomic E-state index is 0.0648. The fraction of sp³-hybridized carbons (Fsp3) is 0.0465. The van der Waals surface area contributed by atoms with E-state index in [2.05, 4.69) is 98.6 Å². The molecule has 7 aromatic rings. The quantitative estimate of drug-likeness (QED) is 0.0585. The molecule has 8 nitrogen and oxygen atoms in total. The SMILES string of the molecule is Cc1ccc(N=Nc2c(O)ccc3cc(CON=CONc4ccc(-c5ccc(N(c6ccccc6)c6ccccc6)cc5)cc4)ccc23)cc1. The zero-order valence-corrected chi connectivity index (χ0v) is 27.9. The number of anilines is 4. The molecule has 0 spiro atoms. The largest absolute Gasteiger partial charge is 0.506 e. The Kier molecular flexibility index (Phi) is 9.93. The van der Waals surface area contributed by atoms with Crippen molar-refractivity contribution in [2.45, 2.75) is 13.5 Å². The molecule has 0 atom stereocenters. The van der Waals surface area contributed by atoms with Crippen molar-refractivity contribution in [1.82, 2.24) is 0 Å². The van der Waals surface area contributed by atoms with Crippen LogP contribution in [0.15, 0.2) is 179 Å². The van der Waals surface area contributed by atoms with Gasteiger partial charge in [0.1, 0.15) is 18.0 Å². The van der Waals surface area contributed by atoms with Gasteiger partial charge in [0.05, 0.1) is 11.4 Å². The summed E-state index contributed by atoms with van der Waals surface area (Å²) in [5.74, 6) is 0.0648. The predicted molar refractivity (Wildman–Crippen MR) is 206 cm³/mol. The highest BCUT2D eigenvalue weighted by molar-refractivity contribution is 5.95. The Morgan fingerprint density at radius 2 is 1.27 bits per heavy atom. The van der Waals surface area contributed by atoms with E-state index >= 15 is 0 Å². The van der Waals surface area contributed by atoms with Gasteiger partial charge in [0.2, 0.25) is 6.40 Å². The monoisotopic (exact) mass is 669 g/mol. The summed E-state index contributed by atoms with van der Waals surface area (Å²) in [7, 11) is 0. The van der Waals surface area contributed by atoms with E-state index in [1.54, 1.807) is 6.07 Å². The molecule has 0 aromatic heterocycles. The molecule has 51 heavy (non-hydrogen) atoms. The smallest absolute Gasteiger partial charge is 0.245 e. The molecule has 2 N–H and O–H groups in total. The molecule has 250 valence electrons. The summed E-state index contributed by atoms with van der Waals surface area (Å²) < 4.78 is 0. The number of fused-ring (bicyclic) bond motifs is 1. The normalized spacial score (nSPS) is 11.2. The van der Waals surface area contributed by atoms with Crippen LogP contribution in [0, 0.1) is 6.92 Å². The molecule has 7 rings (SSSR count). The summed E-state index contributed by atoms with van der Waals surface area (Å²) in [5, 5.41) is 24.7. The number of hydrogen-bond acceptors (Lipinski definition) is 8. The van der Waals surface area contributed by atoms with Crippen LogP contribution in [0.25, 0.3) is 21.9 Å². The number of azo groups is 1. The van der Waals surface area contributed by atoms with E-state index in [0.717, 1.165) is 55.8 Å². The van der Waals surface area contributed by atoms with Crippen LogP contribution < -0.4 is 10.4 Å². The number of oxime groups is 1. The van der Waals surface area contributed by atoms with E-state index in [4.69, 9.17) is 9.68 Å². The van der Waals surface area contributed by atoms with Crippen LogP contribution in [0.2, 0.25) is 0 Å². The number of hydrogen-bond donors (Lipinski definition) is 2. The van der Waals surface area contributed by atoms with Crippen LogP contribution in [-0.4, -0.2) is 11.5 Å². The van der Waals surface area contributed by atoms with E-state index in [-0.39, 0.29) is 12.4 Å². The van der Waals surface area contributed by atoms with Crippen molar-refractivity contribution in [3.05, 3.63) is 175 Å². The number of nitrogens with zero attached hydrogens (tertiary/aromatic N) is 4. The van der Waals surface area contributed by atoms with Crippen molar-refractivity contribution in [2.24, 2.45) is 15.4 Å². The van der Waals surface area contributed by atoms with Crippen molar-refractivity contribution in [1.29, 1.82) is 0 Å². The number of aryl methyl sites for hydroxylation is 1. The van der Waals surface area contributed by atoms with Crippen LogP contribution in [-0.2, 0) is 16.3 Å². The Balaban J connectivity index is 0.920. The van der Waals surface area contributed by atoms with E-state index in [1.165, 1.54) is 6.40 Å². The molecular formula is C43H35N5O3. The lowest BCUT2D eigenvalue weighted by molar-refractivity contribution is 0.125. The second-order valence-electron chi connectivity index (χ2n) is 11.9. The van der Waals surface area contributed by atoms with Crippen molar-refractivity contribution in [3.63, 3.8) is 0 Å².